The van der Waals surface area contributed by atoms with Gasteiger partial charge in [0.05, 0.1) is 32.1 Å². The van der Waals surface area contributed by atoms with E-state index in [1.54, 1.807) is 31.2 Å². The first-order valence-corrected chi connectivity index (χ1v) is 10.9. The van der Waals surface area contributed by atoms with E-state index in [0.29, 0.717) is 17.1 Å². The minimum Gasteiger partial charge on any atom is -0.497 e. The molecule has 10 nitrogen and oxygen atoms in total. The number of ether oxygens (including phenoxy) is 2. The SMILES string of the molecule is COc1ccc(Cn2ncc(NC(C)COCc3nc(C4CNC4)no3)c(C(F)(F)F)c2=O)cc1. The van der Waals surface area contributed by atoms with Crippen molar-refractivity contribution in [3.05, 3.63) is 63.7 Å². The third-order valence-corrected chi connectivity index (χ3v) is 5.44. The molecule has 188 valence electrons. The minimum absolute atomic E-state index is 0.0208. The van der Waals surface area contributed by atoms with Crippen LogP contribution in [0, 0.1) is 0 Å². The number of benzene rings is 1. The molecule has 1 aliphatic heterocycles. The third-order valence-electron chi connectivity index (χ3n) is 5.44. The van der Waals surface area contributed by atoms with Gasteiger partial charge in [-0.1, -0.05) is 17.3 Å². The normalized spacial score (nSPS) is 15.0. The second-order valence-electron chi connectivity index (χ2n) is 8.20. The molecule has 0 amide bonds. The van der Waals surface area contributed by atoms with Gasteiger partial charge >= 0.3 is 6.18 Å². The van der Waals surface area contributed by atoms with Crippen molar-refractivity contribution in [2.45, 2.75) is 38.2 Å². The van der Waals surface area contributed by atoms with Gasteiger partial charge in [0.1, 0.15) is 17.9 Å². The van der Waals surface area contributed by atoms with E-state index in [9.17, 15) is 18.0 Å². The van der Waals surface area contributed by atoms with E-state index < -0.39 is 29.0 Å². The van der Waals surface area contributed by atoms with Crippen molar-refractivity contribution in [2.24, 2.45) is 0 Å². The fraction of sp³-hybridized carbons (Fsp3) is 0.455. The predicted octanol–water partition coefficient (Wildman–Crippen LogP) is 2.41. The zero-order valence-corrected chi connectivity index (χ0v) is 19.1. The molecule has 0 bridgehead atoms. The summed E-state index contributed by atoms with van der Waals surface area (Å²) >= 11 is 0. The molecular formula is C22H25F3N6O4. The van der Waals surface area contributed by atoms with Gasteiger partial charge < -0.3 is 24.6 Å². The first-order valence-electron chi connectivity index (χ1n) is 10.9. The topological polar surface area (TPSA) is 116 Å². The molecule has 2 N–H and O–H groups in total. The van der Waals surface area contributed by atoms with E-state index >= 15 is 0 Å². The lowest BCUT2D eigenvalue weighted by molar-refractivity contribution is -0.138. The van der Waals surface area contributed by atoms with E-state index in [2.05, 4.69) is 25.9 Å². The summed E-state index contributed by atoms with van der Waals surface area (Å²) in [6.45, 7) is 3.14. The Labute approximate surface area is 198 Å². The Kier molecular flexibility index (Phi) is 7.36. The van der Waals surface area contributed by atoms with E-state index in [4.69, 9.17) is 14.0 Å². The summed E-state index contributed by atoms with van der Waals surface area (Å²) in [6, 6.07) is 6.06. The minimum atomic E-state index is -4.87. The first-order chi connectivity index (χ1) is 16.7. The van der Waals surface area contributed by atoms with E-state index in [1.807, 2.05) is 0 Å². The molecule has 3 heterocycles. The van der Waals surface area contributed by atoms with Crippen molar-refractivity contribution in [3.8, 4) is 5.75 Å². The van der Waals surface area contributed by atoms with Gasteiger partial charge in [-0.3, -0.25) is 4.79 Å². The smallest absolute Gasteiger partial charge is 0.423 e. The van der Waals surface area contributed by atoms with Gasteiger partial charge in [0, 0.05) is 25.0 Å². The van der Waals surface area contributed by atoms with Crippen LogP contribution in [-0.4, -0.2) is 52.8 Å². The van der Waals surface area contributed by atoms with E-state index in [-0.39, 0.29) is 31.6 Å². The van der Waals surface area contributed by atoms with Crippen LogP contribution in [0.25, 0.3) is 0 Å². The Morgan fingerprint density at radius 2 is 2.03 bits per heavy atom. The highest BCUT2D eigenvalue weighted by molar-refractivity contribution is 5.50. The maximum atomic E-state index is 13.8. The first kappa shape index (κ1) is 24.7. The lowest BCUT2D eigenvalue weighted by Crippen LogP contribution is -2.40. The molecule has 35 heavy (non-hydrogen) atoms. The van der Waals surface area contributed by atoms with Gasteiger partial charge in [-0.05, 0) is 24.6 Å². The quantitative estimate of drug-likeness (QED) is 0.438. The zero-order valence-electron chi connectivity index (χ0n) is 19.1. The maximum Gasteiger partial charge on any atom is 0.423 e. The van der Waals surface area contributed by atoms with Crippen LogP contribution in [0.2, 0.25) is 0 Å². The van der Waals surface area contributed by atoms with Crippen LogP contribution in [0.3, 0.4) is 0 Å². The van der Waals surface area contributed by atoms with Gasteiger partial charge in [0.15, 0.2) is 5.82 Å². The summed E-state index contributed by atoms with van der Waals surface area (Å²) in [7, 11) is 1.50. The fourth-order valence-corrected chi connectivity index (χ4v) is 3.48. The molecule has 1 atom stereocenters. The summed E-state index contributed by atoms with van der Waals surface area (Å²) in [5.41, 5.74) is -2.37. The predicted molar refractivity (Wildman–Crippen MR) is 118 cm³/mol. The van der Waals surface area contributed by atoms with Crippen LogP contribution in [0.5, 0.6) is 5.75 Å². The lowest BCUT2D eigenvalue weighted by atomic mass is 10.0. The number of nitrogens with zero attached hydrogens (tertiary/aromatic N) is 4. The molecule has 0 spiro atoms. The van der Waals surface area contributed by atoms with E-state index in [1.165, 1.54) is 7.11 Å². The van der Waals surface area contributed by atoms with Crippen LogP contribution in [0.1, 0.15) is 35.7 Å². The molecule has 0 aliphatic carbocycles. The highest BCUT2D eigenvalue weighted by atomic mass is 19.4. The molecule has 1 fully saturated rings. The average molecular weight is 494 g/mol. The Morgan fingerprint density at radius 3 is 2.66 bits per heavy atom. The molecule has 13 heteroatoms. The molecule has 1 aromatic carbocycles. The number of anilines is 1. The number of rotatable bonds is 10. The number of halogens is 3. The Morgan fingerprint density at radius 1 is 1.29 bits per heavy atom. The maximum absolute atomic E-state index is 13.8. The van der Waals surface area contributed by atoms with Crippen LogP contribution in [0.15, 0.2) is 39.8 Å². The second-order valence-corrected chi connectivity index (χ2v) is 8.20. The molecule has 0 saturated carbocycles. The van der Waals surface area contributed by atoms with Crippen LogP contribution in [-0.2, 0) is 24.1 Å². The van der Waals surface area contributed by atoms with Crippen LogP contribution < -0.4 is 20.9 Å². The summed E-state index contributed by atoms with van der Waals surface area (Å²) < 4.78 is 57.9. The molecular weight excluding hydrogens is 469 g/mol. The summed E-state index contributed by atoms with van der Waals surface area (Å²) in [5, 5.41) is 13.6. The Hall–Kier alpha value is -3.45. The molecule has 1 unspecified atom stereocenters. The highest BCUT2D eigenvalue weighted by Crippen LogP contribution is 2.32. The Balaban J connectivity index is 1.40. The van der Waals surface area contributed by atoms with Crippen molar-refractivity contribution >= 4 is 5.69 Å². The van der Waals surface area contributed by atoms with Crippen molar-refractivity contribution in [3.63, 3.8) is 0 Å². The third kappa shape index (κ3) is 5.98. The molecule has 2 aromatic heterocycles. The molecule has 1 aliphatic rings. The van der Waals surface area contributed by atoms with Gasteiger partial charge in [-0.15, -0.1) is 0 Å². The average Bonchev–Trinajstić information content (AvgIpc) is 3.22. The molecule has 4 rings (SSSR count). The van der Waals surface area contributed by atoms with Crippen molar-refractivity contribution in [1.82, 2.24) is 25.2 Å². The number of hydrogen-bond donors (Lipinski definition) is 2. The second kappa shape index (κ2) is 10.4. The number of alkyl halides is 3. The molecule has 0 radical (unpaired) electrons. The van der Waals surface area contributed by atoms with Gasteiger partial charge in [0.2, 0.25) is 0 Å². The fourth-order valence-electron chi connectivity index (χ4n) is 3.48. The summed E-state index contributed by atoms with van der Waals surface area (Å²) in [6.07, 6.45) is -3.87. The summed E-state index contributed by atoms with van der Waals surface area (Å²) in [5.74, 6) is 1.70. The van der Waals surface area contributed by atoms with Crippen LogP contribution in [0.4, 0.5) is 18.9 Å². The van der Waals surface area contributed by atoms with Gasteiger partial charge in [-0.25, -0.2) is 4.68 Å². The number of methoxy groups -OCH3 is 1. The lowest BCUT2D eigenvalue weighted by Gasteiger charge is -2.23. The van der Waals surface area contributed by atoms with Gasteiger partial charge in [0.25, 0.3) is 11.4 Å². The molecule has 3 aromatic rings. The Bertz CT molecular complexity index is 1190. The highest BCUT2D eigenvalue weighted by Gasteiger charge is 2.38. The van der Waals surface area contributed by atoms with Crippen molar-refractivity contribution in [2.75, 3.05) is 32.1 Å². The van der Waals surface area contributed by atoms with E-state index in [0.717, 1.165) is 24.0 Å². The van der Waals surface area contributed by atoms with Crippen molar-refractivity contribution < 1.29 is 27.2 Å². The number of aromatic nitrogens is 4. The largest absolute Gasteiger partial charge is 0.497 e. The standard InChI is InChI=1S/C22H25F3N6O4/c1-13(11-34-12-18-29-20(30-35-18)15-7-26-8-15)28-17-9-27-31(21(32)19(17)22(23,24)25)10-14-3-5-16(33-2)6-4-14/h3-6,9,13,15,26,28H,7-8,10-12H2,1-2H3. The van der Waals surface area contributed by atoms with Crippen LogP contribution >= 0.6 is 0 Å². The monoisotopic (exact) mass is 494 g/mol. The molecule has 1 saturated heterocycles. The van der Waals surface area contributed by atoms with Crippen molar-refractivity contribution in [1.29, 1.82) is 0 Å². The number of nitrogens with one attached hydrogen (secondary N) is 2. The van der Waals surface area contributed by atoms with Gasteiger partial charge in [-0.2, -0.15) is 23.3 Å². The zero-order chi connectivity index (χ0) is 25.0. The number of hydrogen-bond acceptors (Lipinski definition) is 9. The summed E-state index contributed by atoms with van der Waals surface area (Å²) in [4.78, 5) is 16.9.